The van der Waals surface area contributed by atoms with Gasteiger partial charge in [-0.2, -0.15) is 0 Å². The predicted octanol–water partition coefficient (Wildman–Crippen LogP) is 14.0. The van der Waals surface area contributed by atoms with E-state index in [0.717, 1.165) is 89.5 Å². The highest BCUT2D eigenvalue weighted by atomic mass is 16.5. The minimum Gasteiger partial charge on any atom is -0.458 e. The van der Waals surface area contributed by atoms with Gasteiger partial charge in [-0.05, 0) is 117 Å². The molecule has 0 fully saturated rings. The third kappa shape index (κ3) is 6.61. The van der Waals surface area contributed by atoms with Crippen molar-refractivity contribution in [1.82, 2.24) is 0 Å². The number of para-hydroxylation sites is 1. The number of benzene rings is 7. The van der Waals surface area contributed by atoms with Crippen molar-refractivity contribution in [2.75, 3.05) is 4.90 Å². The fourth-order valence-electron chi connectivity index (χ4n) is 9.46. The van der Waals surface area contributed by atoms with E-state index in [2.05, 4.69) is 208 Å². The third-order valence-corrected chi connectivity index (χ3v) is 12.7. The second-order valence-electron chi connectivity index (χ2n) is 20.4. The summed E-state index contributed by atoms with van der Waals surface area (Å²) >= 11 is 0. The maximum atomic E-state index is 7.33. The van der Waals surface area contributed by atoms with Gasteiger partial charge in [0.25, 0.3) is 6.71 Å². The van der Waals surface area contributed by atoms with Gasteiger partial charge in [0.15, 0.2) is 5.58 Å². The van der Waals surface area contributed by atoms with Crippen LogP contribution in [0.25, 0.3) is 33.1 Å². The average molecular weight is 800 g/mol. The molecule has 0 N–H and O–H groups in total. The average Bonchev–Trinajstić information content (AvgIpc) is 3.59. The Labute approximate surface area is 361 Å². The van der Waals surface area contributed by atoms with E-state index in [-0.39, 0.29) is 23.0 Å². The van der Waals surface area contributed by atoms with E-state index in [4.69, 9.17) is 13.9 Å². The first-order chi connectivity index (χ1) is 28.9. The highest BCUT2D eigenvalue weighted by Crippen LogP contribution is 2.48. The first kappa shape index (κ1) is 39.0. The standard InChI is InChI=1S/C56H54BNO3/c1-33-26-34(2)28-35(27-33)36-29-47-51-48(30-36)60-49-32-44(58(40-21-16-37(17-22-40)54(3,4)5)41-23-18-38(19-24-41)55(6,7)8)53-50(42-14-12-13-15-45(42)61-53)52(49)57(51)43-31-39(56(9,10)11)20-25-46(43)59-47/h12-32H,1-11H3. The molecule has 5 heteroatoms. The summed E-state index contributed by atoms with van der Waals surface area (Å²) in [6.07, 6.45) is 0. The Hall–Kier alpha value is -6.20. The molecule has 0 radical (unpaired) electrons. The molecule has 7 aromatic carbocycles. The topological polar surface area (TPSA) is 34.8 Å². The van der Waals surface area contributed by atoms with E-state index < -0.39 is 0 Å². The number of nitrogens with zero attached hydrogens (tertiary/aromatic N) is 1. The maximum Gasteiger partial charge on any atom is 0.261 e. The van der Waals surface area contributed by atoms with Crippen LogP contribution in [0.15, 0.2) is 132 Å². The second-order valence-corrected chi connectivity index (χ2v) is 20.4. The van der Waals surface area contributed by atoms with Gasteiger partial charge in [0.05, 0.1) is 5.69 Å². The van der Waals surface area contributed by atoms with Crippen molar-refractivity contribution in [3.63, 3.8) is 0 Å². The molecule has 61 heavy (non-hydrogen) atoms. The highest BCUT2D eigenvalue weighted by Gasteiger charge is 2.44. The van der Waals surface area contributed by atoms with Gasteiger partial charge in [-0.1, -0.05) is 146 Å². The van der Waals surface area contributed by atoms with E-state index in [9.17, 15) is 0 Å². The molecule has 0 saturated heterocycles. The van der Waals surface area contributed by atoms with E-state index >= 15 is 0 Å². The SMILES string of the molecule is Cc1cc(C)cc(-c2cc3c4c(c2)Oc2cc(N(c5ccc(C(C)(C)C)cc5)c5ccc(C(C)(C)C)cc5)c5oc6ccccc6c5c2B4c2cc(C(C)(C)C)ccc2O3)c1. The molecule has 304 valence electrons. The lowest BCUT2D eigenvalue weighted by Gasteiger charge is -2.35. The molecular weight excluding hydrogens is 745 g/mol. The Morgan fingerprint density at radius 2 is 0.984 bits per heavy atom. The predicted molar refractivity (Wildman–Crippen MR) is 257 cm³/mol. The van der Waals surface area contributed by atoms with E-state index in [1.165, 1.54) is 27.8 Å². The zero-order valence-corrected chi connectivity index (χ0v) is 37.4. The molecule has 0 atom stereocenters. The van der Waals surface area contributed by atoms with Gasteiger partial charge in [0.2, 0.25) is 0 Å². The summed E-state index contributed by atoms with van der Waals surface area (Å²) in [6, 6.07) is 46.6. The van der Waals surface area contributed by atoms with Crippen LogP contribution in [0.3, 0.4) is 0 Å². The van der Waals surface area contributed by atoms with Crippen LogP contribution in [0.5, 0.6) is 23.0 Å². The summed E-state index contributed by atoms with van der Waals surface area (Å²) < 4.78 is 21.4. The summed E-state index contributed by atoms with van der Waals surface area (Å²) in [5.41, 5.74) is 16.4. The van der Waals surface area contributed by atoms with Crippen LogP contribution < -0.4 is 30.8 Å². The monoisotopic (exact) mass is 799 g/mol. The maximum absolute atomic E-state index is 7.33. The third-order valence-electron chi connectivity index (χ3n) is 12.7. The van der Waals surface area contributed by atoms with Crippen molar-refractivity contribution in [2.45, 2.75) is 92.4 Å². The van der Waals surface area contributed by atoms with Crippen LogP contribution in [0.4, 0.5) is 17.1 Å². The van der Waals surface area contributed by atoms with Crippen molar-refractivity contribution in [3.8, 4) is 34.1 Å². The van der Waals surface area contributed by atoms with Crippen molar-refractivity contribution < 1.29 is 13.9 Å². The Balaban J connectivity index is 1.28. The molecule has 10 rings (SSSR count). The summed E-state index contributed by atoms with van der Waals surface area (Å²) in [6.45, 7) is 24.5. The minimum absolute atomic E-state index is 0.0124. The van der Waals surface area contributed by atoms with Gasteiger partial charge >= 0.3 is 0 Å². The van der Waals surface area contributed by atoms with Gasteiger partial charge in [-0.3, -0.25) is 0 Å². The molecule has 8 aromatic rings. The Morgan fingerprint density at radius 1 is 0.475 bits per heavy atom. The van der Waals surface area contributed by atoms with Gasteiger partial charge in [-0.15, -0.1) is 0 Å². The minimum atomic E-state index is -0.170. The second kappa shape index (κ2) is 13.7. The fourth-order valence-corrected chi connectivity index (χ4v) is 9.46. The molecule has 0 unspecified atom stereocenters. The molecule has 2 aliphatic rings. The first-order valence-electron chi connectivity index (χ1n) is 21.7. The van der Waals surface area contributed by atoms with Crippen molar-refractivity contribution in [3.05, 3.63) is 155 Å². The zero-order chi connectivity index (χ0) is 42.7. The van der Waals surface area contributed by atoms with Crippen molar-refractivity contribution >= 4 is 62.1 Å². The number of rotatable bonds is 4. The first-order valence-corrected chi connectivity index (χ1v) is 21.7. The van der Waals surface area contributed by atoms with Crippen LogP contribution in [0, 0.1) is 13.8 Å². The van der Waals surface area contributed by atoms with E-state index in [1.54, 1.807) is 0 Å². The van der Waals surface area contributed by atoms with Gasteiger partial charge < -0.3 is 18.8 Å². The van der Waals surface area contributed by atoms with Crippen molar-refractivity contribution in [1.29, 1.82) is 0 Å². The van der Waals surface area contributed by atoms with Crippen LogP contribution in [0.1, 0.15) is 90.1 Å². The lowest BCUT2D eigenvalue weighted by atomic mass is 9.34. The molecule has 0 amide bonds. The number of ether oxygens (including phenoxy) is 2. The van der Waals surface area contributed by atoms with E-state index in [0.29, 0.717) is 0 Å². The summed E-state index contributed by atoms with van der Waals surface area (Å²) in [7, 11) is 0. The smallest absolute Gasteiger partial charge is 0.261 e. The van der Waals surface area contributed by atoms with Crippen LogP contribution in [-0.2, 0) is 16.2 Å². The van der Waals surface area contributed by atoms with Gasteiger partial charge in [0.1, 0.15) is 28.6 Å². The number of aryl methyl sites for hydroxylation is 2. The lowest BCUT2D eigenvalue weighted by Crippen LogP contribution is -2.57. The molecule has 0 aliphatic carbocycles. The van der Waals surface area contributed by atoms with Crippen LogP contribution >= 0.6 is 0 Å². The summed E-state index contributed by atoms with van der Waals surface area (Å²) in [4.78, 5) is 2.34. The summed E-state index contributed by atoms with van der Waals surface area (Å²) in [5.74, 6) is 3.31. The number of hydrogen-bond donors (Lipinski definition) is 0. The van der Waals surface area contributed by atoms with E-state index in [1.807, 2.05) is 0 Å². The molecular formula is C56H54BNO3. The molecule has 0 saturated carbocycles. The van der Waals surface area contributed by atoms with Crippen LogP contribution in [-0.4, -0.2) is 6.71 Å². The van der Waals surface area contributed by atoms with Gasteiger partial charge in [-0.25, -0.2) is 0 Å². The molecule has 1 aromatic heterocycles. The lowest BCUT2D eigenvalue weighted by molar-refractivity contribution is 0.464. The molecule has 4 nitrogen and oxygen atoms in total. The molecule has 0 bridgehead atoms. The molecule has 3 heterocycles. The Bertz CT molecular complexity index is 2970. The Kier molecular flexibility index (Phi) is 8.73. The Morgan fingerprint density at radius 3 is 1.56 bits per heavy atom. The number of furan rings is 1. The normalized spacial score (nSPS) is 13.4. The number of hydrogen-bond acceptors (Lipinski definition) is 4. The molecule has 0 spiro atoms. The van der Waals surface area contributed by atoms with Gasteiger partial charge in [0, 0.05) is 33.7 Å². The summed E-state index contributed by atoms with van der Waals surface area (Å²) in [5, 5.41) is 2.11. The number of fused-ring (bicyclic) bond motifs is 8. The van der Waals surface area contributed by atoms with Crippen molar-refractivity contribution in [2.24, 2.45) is 0 Å². The fraction of sp³-hybridized carbons (Fsp3) is 0.250. The molecule has 2 aliphatic heterocycles. The van der Waals surface area contributed by atoms with Crippen LogP contribution in [0.2, 0.25) is 0 Å². The number of anilines is 3. The quantitative estimate of drug-likeness (QED) is 0.166. The highest BCUT2D eigenvalue weighted by molar-refractivity contribution is 7.00. The zero-order valence-electron chi connectivity index (χ0n) is 37.4. The largest absolute Gasteiger partial charge is 0.458 e.